The first-order valence-electron chi connectivity index (χ1n) is 7.20. The van der Waals surface area contributed by atoms with Crippen LogP contribution in [0.1, 0.15) is 12.8 Å². The molecule has 0 bridgehead atoms. The maximum Gasteiger partial charge on any atom is 0.368 e. The average molecular weight is 303 g/mol. The molecule has 1 amide bonds. The van der Waals surface area contributed by atoms with Crippen LogP contribution in [0.25, 0.3) is 5.69 Å². The maximum absolute atomic E-state index is 12.2. The van der Waals surface area contributed by atoms with Crippen LogP contribution in [0.2, 0.25) is 0 Å². The number of carbonyl (C=O) groups is 1. The normalized spacial score (nSPS) is 17.5. The van der Waals surface area contributed by atoms with E-state index in [1.807, 2.05) is 6.07 Å². The molecule has 8 heteroatoms. The molecule has 0 saturated carbocycles. The van der Waals surface area contributed by atoms with E-state index in [9.17, 15) is 9.59 Å². The van der Waals surface area contributed by atoms with Gasteiger partial charge in [-0.05, 0) is 35.4 Å². The molecule has 116 valence electrons. The average Bonchev–Trinajstić information content (AvgIpc) is 3.17. The molecule has 1 fully saturated rings. The summed E-state index contributed by atoms with van der Waals surface area (Å²) in [5.74, 6) is -0.280. The van der Waals surface area contributed by atoms with Crippen LogP contribution in [0.3, 0.4) is 0 Å². The van der Waals surface area contributed by atoms with Crippen LogP contribution >= 0.6 is 0 Å². The number of hydrogen-bond donors (Lipinski definition) is 1. The second kappa shape index (κ2) is 6.52. The summed E-state index contributed by atoms with van der Waals surface area (Å²) in [4.78, 5) is 24.0. The third-order valence-electron chi connectivity index (χ3n) is 3.48. The Morgan fingerprint density at radius 3 is 2.86 bits per heavy atom. The van der Waals surface area contributed by atoms with Gasteiger partial charge in [-0.15, -0.1) is 0 Å². The van der Waals surface area contributed by atoms with Crippen molar-refractivity contribution in [1.29, 1.82) is 0 Å². The number of nitrogens with one attached hydrogen (secondary N) is 1. The molecular weight excluding hydrogens is 286 g/mol. The molecular formula is C14H17N5O3. The van der Waals surface area contributed by atoms with Crippen molar-refractivity contribution in [3.05, 3.63) is 40.8 Å². The van der Waals surface area contributed by atoms with E-state index in [1.165, 1.54) is 0 Å². The smallest absolute Gasteiger partial charge is 0.368 e. The molecule has 1 saturated heterocycles. The zero-order valence-electron chi connectivity index (χ0n) is 12.0. The highest BCUT2D eigenvalue weighted by Crippen LogP contribution is 2.10. The number of nitrogens with zero attached hydrogens (tertiary/aromatic N) is 4. The Morgan fingerprint density at radius 2 is 2.14 bits per heavy atom. The molecule has 1 N–H and O–H groups in total. The van der Waals surface area contributed by atoms with E-state index >= 15 is 0 Å². The number of para-hydroxylation sites is 1. The van der Waals surface area contributed by atoms with Crippen molar-refractivity contribution in [3.63, 3.8) is 0 Å². The van der Waals surface area contributed by atoms with E-state index < -0.39 is 5.69 Å². The van der Waals surface area contributed by atoms with Gasteiger partial charge in [0.1, 0.15) is 6.54 Å². The molecule has 1 atom stereocenters. The quantitative estimate of drug-likeness (QED) is 0.820. The van der Waals surface area contributed by atoms with Gasteiger partial charge in [0.15, 0.2) is 0 Å². The third-order valence-corrected chi connectivity index (χ3v) is 3.48. The number of benzene rings is 1. The van der Waals surface area contributed by atoms with Crippen molar-refractivity contribution in [2.24, 2.45) is 0 Å². The largest absolute Gasteiger partial charge is 0.376 e. The lowest BCUT2D eigenvalue weighted by atomic mass is 10.2. The Morgan fingerprint density at radius 1 is 1.32 bits per heavy atom. The van der Waals surface area contributed by atoms with Crippen molar-refractivity contribution in [2.45, 2.75) is 25.5 Å². The number of rotatable bonds is 5. The minimum absolute atomic E-state index is 0.0701. The second-order valence-electron chi connectivity index (χ2n) is 5.11. The van der Waals surface area contributed by atoms with Crippen molar-refractivity contribution in [3.8, 4) is 5.69 Å². The number of aromatic nitrogens is 4. The Labute approximate surface area is 126 Å². The summed E-state index contributed by atoms with van der Waals surface area (Å²) < 4.78 is 7.62. The lowest BCUT2D eigenvalue weighted by Gasteiger charge is -2.10. The number of amides is 1. The highest BCUT2D eigenvalue weighted by molar-refractivity contribution is 5.75. The van der Waals surface area contributed by atoms with Gasteiger partial charge >= 0.3 is 5.69 Å². The monoisotopic (exact) mass is 303 g/mol. The minimum Gasteiger partial charge on any atom is -0.376 e. The summed E-state index contributed by atoms with van der Waals surface area (Å²) in [5.41, 5.74) is 0.164. The van der Waals surface area contributed by atoms with Crippen molar-refractivity contribution < 1.29 is 9.53 Å². The molecule has 3 rings (SSSR count). The molecule has 1 aromatic heterocycles. The molecule has 2 heterocycles. The third kappa shape index (κ3) is 3.22. The van der Waals surface area contributed by atoms with Gasteiger partial charge in [0.2, 0.25) is 5.91 Å². The lowest BCUT2D eigenvalue weighted by Crippen LogP contribution is -2.37. The summed E-state index contributed by atoms with van der Waals surface area (Å²) in [7, 11) is 0. The summed E-state index contributed by atoms with van der Waals surface area (Å²) in [6.45, 7) is 1.05. The number of ether oxygens (including phenoxy) is 1. The summed E-state index contributed by atoms with van der Waals surface area (Å²) in [6.07, 6.45) is 2.04. The Bertz CT molecular complexity index is 688. The fraction of sp³-hybridized carbons (Fsp3) is 0.429. The Kier molecular flexibility index (Phi) is 4.29. The second-order valence-corrected chi connectivity index (χ2v) is 5.11. The summed E-state index contributed by atoms with van der Waals surface area (Å²) >= 11 is 0. The van der Waals surface area contributed by atoms with E-state index in [0.29, 0.717) is 12.2 Å². The van der Waals surface area contributed by atoms with E-state index in [1.54, 1.807) is 24.3 Å². The van der Waals surface area contributed by atoms with Crippen LogP contribution in [0.15, 0.2) is 35.1 Å². The molecule has 1 aromatic carbocycles. The van der Waals surface area contributed by atoms with Crippen LogP contribution < -0.4 is 11.0 Å². The van der Waals surface area contributed by atoms with Crippen molar-refractivity contribution in [1.82, 2.24) is 25.1 Å². The van der Waals surface area contributed by atoms with Gasteiger partial charge in [-0.25, -0.2) is 4.79 Å². The first-order valence-corrected chi connectivity index (χ1v) is 7.20. The van der Waals surface area contributed by atoms with Gasteiger partial charge < -0.3 is 10.1 Å². The molecule has 22 heavy (non-hydrogen) atoms. The maximum atomic E-state index is 12.2. The fourth-order valence-electron chi connectivity index (χ4n) is 2.33. The number of carbonyl (C=O) groups excluding carboxylic acids is 1. The lowest BCUT2D eigenvalue weighted by molar-refractivity contribution is -0.122. The Hall–Kier alpha value is -2.48. The minimum atomic E-state index is -0.446. The van der Waals surface area contributed by atoms with E-state index in [2.05, 4.69) is 15.7 Å². The SMILES string of the molecule is O=C(Cn1nnn(-c2ccccc2)c1=O)NC[C@@H]1CCCO1. The zero-order valence-corrected chi connectivity index (χ0v) is 12.0. The predicted octanol–water partition coefficient (Wildman–Crippen LogP) is -0.276. The van der Waals surface area contributed by atoms with Gasteiger partial charge in [0.05, 0.1) is 11.8 Å². The van der Waals surface area contributed by atoms with Crippen LogP contribution in [0, 0.1) is 0 Å². The molecule has 2 aromatic rings. The Balaban J connectivity index is 1.62. The summed E-state index contributed by atoms with van der Waals surface area (Å²) in [6, 6.07) is 8.94. The molecule has 0 aliphatic carbocycles. The topological polar surface area (TPSA) is 91.0 Å². The van der Waals surface area contributed by atoms with Gasteiger partial charge in [0, 0.05) is 13.2 Å². The number of tetrazole rings is 1. The molecule has 0 radical (unpaired) electrons. The highest BCUT2D eigenvalue weighted by Gasteiger charge is 2.17. The van der Waals surface area contributed by atoms with E-state index in [-0.39, 0.29) is 18.6 Å². The molecule has 8 nitrogen and oxygen atoms in total. The van der Waals surface area contributed by atoms with Gasteiger partial charge in [0.25, 0.3) is 0 Å². The standard InChI is InChI=1S/C14H17N5O3/c20-13(15-9-12-7-4-8-22-12)10-18-14(21)19(17-16-18)11-5-2-1-3-6-11/h1-3,5-6,12H,4,7-10H2,(H,15,20)/t12-/m0/s1. The van der Waals surface area contributed by atoms with Crippen LogP contribution in [-0.2, 0) is 16.1 Å². The van der Waals surface area contributed by atoms with Gasteiger partial charge in [-0.1, -0.05) is 18.2 Å². The van der Waals surface area contributed by atoms with Crippen LogP contribution in [0.5, 0.6) is 0 Å². The molecule has 0 unspecified atom stereocenters. The predicted molar refractivity (Wildman–Crippen MR) is 77.6 cm³/mol. The zero-order chi connectivity index (χ0) is 15.4. The fourth-order valence-corrected chi connectivity index (χ4v) is 2.33. The van der Waals surface area contributed by atoms with Crippen molar-refractivity contribution >= 4 is 5.91 Å². The van der Waals surface area contributed by atoms with E-state index in [4.69, 9.17) is 4.74 Å². The van der Waals surface area contributed by atoms with Crippen LogP contribution in [0.4, 0.5) is 0 Å². The highest BCUT2D eigenvalue weighted by atomic mass is 16.5. The van der Waals surface area contributed by atoms with Gasteiger partial charge in [-0.2, -0.15) is 9.36 Å². The molecule has 1 aliphatic heterocycles. The molecule has 1 aliphatic rings. The summed E-state index contributed by atoms with van der Waals surface area (Å²) in [5, 5.41) is 10.3. The first kappa shape index (κ1) is 14.5. The number of hydrogen-bond acceptors (Lipinski definition) is 5. The first-order chi connectivity index (χ1) is 10.7. The van der Waals surface area contributed by atoms with E-state index in [0.717, 1.165) is 28.8 Å². The molecule has 0 spiro atoms. The van der Waals surface area contributed by atoms with Crippen molar-refractivity contribution in [2.75, 3.05) is 13.2 Å². The van der Waals surface area contributed by atoms with Crippen LogP contribution in [-0.4, -0.2) is 45.0 Å². The van der Waals surface area contributed by atoms with Gasteiger partial charge in [-0.3, -0.25) is 4.79 Å².